The zero-order chi connectivity index (χ0) is 8.69. The molecule has 0 aromatic carbocycles. The van der Waals surface area contributed by atoms with Crippen molar-refractivity contribution in [1.29, 1.82) is 0 Å². The quantitative estimate of drug-likeness (QED) is 0.300. The van der Waals surface area contributed by atoms with Crippen molar-refractivity contribution in [2.45, 2.75) is 18.7 Å². The summed E-state index contributed by atoms with van der Waals surface area (Å²) in [6.07, 6.45) is 4.45. The fraction of sp³-hybridized carbons (Fsp3) is 0.429. The van der Waals surface area contributed by atoms with Gasteiger partial charge in [-0.1, -0.05) is 13.0 Å². The molecule has 0 radical (unpaired) electrons. The molecule has 1 unspecified atom stereocenters. The van der Waals surface area contributed by atoms with Crippen LogP contribution in [0.5, 0.6) is 0 Å². The largest absolute Gasteiger partial charge is 0.384 e. The monoisotopic (exact) mass is 174 g/mol. The lowest BCUT2D eigenvalue weighted by atomic mass is 10.3. The molecule has 0 heterocycles. The number of amides is 1. The van der Waals surface area contributed by atoms with Crippen LogP contribution in [0.2, 0.25) is 0 Å². The van der Waals surface area contributed by atoms with Gasteiger partial charge in [0.15, 0.2) is 0 Å². The highest BCUT2D eigenvalue weighted by atomic mass is 35.5. The number of aliphatic imine (C=N–C) groups is 1. The molecule has 0 saturated heterocycles. The van der Waals surface area contributed by atoms with E-state index in [0.29, 0.717) is 6.41 Å². The van der Waals surface area contributed by atoms with Crippen molar-refractivity contribution in [3.8, 4) is 0 Å². The lowest BCUT2D eigenvalue weighted by molar-refractivity contribution is -0.106. The van der Waals surface area contributed by atoms with E-state index in [2.05, 4.69) is 4.99 Å². The first-order chi connectivity index (χ1) is 5.20. The molecule has 0 aliphatic carbocycles. The van der Waals surface area contributed by atoms with Gasteiger partial charge in [0.05, 0.1) is 5.38 Å². The van der Waals surface area contributed by atoms with Crippen LogP contribution >= 0.6 is 11.6 Å². The van der Waals surface area contributed by atoms with E-state index in [0.717, 1.165) is 6.42 Å². The third-order valence-electron chi connectivity index (χ3n) is 1.07. The van der Waals surface area contributed by atoms with Crippen LogP contribution in [0, 0.1) is 0 Å². The number of rotatable bonds is 4. The molecule has 0 aromatic heterocycles. The standard InChI is InChI=1S/C7H11ClN2O/c1-2-6(8)3-4-7(9)10-5-11/h3-6H,2H2,1H3,(H2,9,10,11)/b4-3-. The second-order valence-electron chi connectivity index (χ2n) is 1.94. The highest BCUT2D eigenvalue weighted by molar-refractivity contribution is 6.22. The maximum absolute atomic E-state index is 9.80. The number of halogens is 1. The topological polar surface area (TPSA) is 55.4 Å². The second kappa shape index (κ2) is 5.92. The molecule has 1 amide bonds. The number of alkyl halides is 1. The number of carbonyl (C=O) groups is 1. The van der Waals surface area contributed by atoms with Crippen molar-refractivity contribution in [2.24, 2.45) is 10.7 Å². The van der Waals surface area contributed by atoms with Crippen LogP contribution in [0.25, 0.3) is 0 Å². The third kappa shape index (κ3) is 5.61. The number of amidine groups is 1. The number of allylic oxidation sites excluding steroid dienone is 1. The Morgan fingerprint density at radius 2 is 2.45 bits per heavy atom. The molecule has 0 aliphatic heterocycles. The van der Waals surface area contributed by atoms with E-state index < -0.39 is 0 Å². The van der Waals surface area contributed by atoms with Gasteiger partial charge in [0.1, 0.15) is 5.84 Å². The Hall–Kier alpha value is -0.830. The van der Waals surface area contributed by atoms with E-state index in [1.54, 1.807) is 6.08 Å². The van der Waals surface area contributed by atoms with E-state index in [9.17, 15) is 4.79 Å². The van der Waals surface area contributed by atoms with Gasteiger partial charge in [0, 0.05) is 0 Å². The molecule has 0 fully saturated rings. The fourth-order valence-corrected chi connectivity index (χ4v) is 0.516. The summed E-state index contributed by atoms with van der Waals surface area (Å²) < 4.78 is 0. The van der Waals surface area contributed by atoms with Gasteiger partial charge in [0.2, 0.25) is 6.41 Å². The van der Waals surface area contributed by atoms with Crippen molar-refractivity contribution < 1.29 is 4.79 Å². The average molecular weight is 175 g/mol. The number of nitrogens with zero attached hydrogens (tertiary/aromatic N) is 1. The van der Waals surface area contributed by atoms with Crippen molar-refractivity contribution >= 4 is 23.8 Å². The van der Waals surface area contributed by atoms with Crippen LogP contribution in [0.3, 0.4) is 0 Å². The minimum Gasteiger partial charge on any atom is -0.384 e. The van der Waals surface area contributed by atoms with Gasteiger partial charge in [-0.15, -0.1) is 11.6 Å². The second-order valence-corrected chi connectivity index (χ2v) is 2.50. The number of hydrogen-bond acceptors (Lipinski definition) is 1. The summed E-state index contributed by atoms with van der Waals surface area (Å²) >= 11 is 5.72. The molecule has 2 N–H and O–H groups in total. The summed E-state index contributed by atoms with van der Waals surface area (Å²) in [5.74, 6) is 0.180. The number of hydrogen-bond donors (Lipinski definition) is 1. The fourth-order valence-electron chi connectivity index (χ4n) is 0.443. The highest BCUT2D eigenvalue weighted by Gasteiger charge is 1.92. The molecule has 3 nitrogen and oxygen atoms in total. The van der Waals surface area contributed by atoms with Gasteiger partial charge in [0.25, 0.3) is 0 Å². The Balaban J connectivity index is 3.91. The summed E-state index contributed by atoms with van der Waals surface area (Å²) in [5, 5.41) is -0.0459. The average Bonchev–Trinajstić information content (AvgIpc) is 2.01. The Morgan fingerprint density at radius 1 is 1.82 bits per heavy atom. The summed E-state index contributed by atoms with van der Waals surface area (Å²) in [5.41, 5.74) is 5.26. The molecular weight excluding hydrogens is 164 g/mol. The van der Waals surface area contributed by atoms with E-state index in [4.69, 9.17) is 17.3 Å². The summed E-state index contributed by atoms with van der Waals surface area (Å²) in [6, 6.07) is 0. The minimum atomic E-state index is -0.0459. The maximum Gasteiger partial charge on any atom is 0.234 e. The molecule has 0 aromatic rings. The molecule has 4 heteroatoms. The van der Waals surface area contributed by atoms with Crippen LogP contribution in [0.4, 0.5) is 0 Å². The van der Waals surface area contributed by atoms with Crippen molar-refractivity contribution in [1.82, 2.24) is 0 Å². The molecule has 1 atom stereocenters. The van der Waals surface area contributed by atoms with E-state index in [1.807, 2.05) is 6.92 Å². The van der Waals surface area contributed by atoms with Crippen molar-refractivity contribution in [2.75, 3.05) is 0 Å². The van der Waals surface area contributed by atoms with Crippen molar-refractivity contribution in [3.63, 3.8) is 0 Å². The van der Waals surface area contributed by atoms with Gasteiger partial charge in [-0.25, -0.2) is 0 Å². The number of carbonyl (C=O) groups excluding carboxylic acids is 1. The Bertz CT molecular complexity index is 177. The van der Waals surface area contributed by atoms with Gasteiger partial charge in [-0.2, -0.15) is 4.99 Å². The predicted octanol–water partition coefficient (Wildman–Crippen LogP) is 1.07. The van der Waals surface area contributed by atoms with E-state index in [-0.39, 0.29) is 11.2 Å². The Labute approximate surface area is 70.9 Å². The third-order valence-corrected chi connectivity index (χ3v) is 1.52. The van der Waals surface area contributed by atoms with E-state index in [1.165, 1.54) is 6.08 Å². The Morgan fingerprint density at radius 3 is 2.91 bits per heavy atom. The summed E-state index contributed by atoms with van der Waals surface area (Å²) in [7, 11) is 0. The molecule has 0 saturated carbocycles. The first-order valence-electron chi connectivity index (χ1n) is 3.30. The zero-order valence-electron chi connectivity index (χ0n) is 6.33. The highest BCUT2D eigenvalue weighted by Crippen LogP contribution is 2.01. The molecule has 0 aliphatic rings. The molecule has 0 spiro atoms. The minimum absolute atomic E-state index is 0.0459. The van der Waals surface area contributed by atoms with Crippen LogP contribution < -0.4 is 5.73 Å². The molecular formula is C7H11ClN2O. The first-order valence-corrected chi connectivity index (χ1v) is 3.73. The lowest BCUT2D eigenvalue weighted by Gasteiger charge is -1.95. The van der Waals surface area contributed by atoms with Gasteiger partial charge in [-0.3, -0.25) is 4.79 Å². The van der Waals surface area contributed by atoms with Crippen LogP contribution in [0.15, 0.2) is 17.1 Å². The van der Waals surface area contributed by atoms with Crippen LogP contribution in [-0.4, -0.2) is 17.6 Å². The summed E-state index contributed by atoms with van der Waals surface area (Å²) in [6.45, 7) is 1.95. The predicted molar refractivity (Wildman–Crippen MR) is 46.8 cm³/mol. The Kier molecular flexibility index (Phi) is 5.47. The molecule has 11 heavy (non-hydrogen) atoms. The normalized spacial score (nSPS) is 15.3. The molecule has 0 rings (SSSR count). The maximum atomic E-state index is 9.80. The van der Waals surface area contributed by atoms with Gasteiger partial charge in [-0.05, 0) is 12.5 Å². The first kappa shape index (κ1) is 10.2. The SMILES string of the molecule is CCC(Cl)/C=C\C(N)=NC=O. The van der Waals surface area contributed by atoms with Crippen LogP contribution in [-0.2, 0) is 4.79 Å². The van der Waals surface area contributed by atoms with Gasteiger partial charge >= 0.3 is 0 Å². The summed E-state index contributed by atoms with van der Waals surface area (Å²) in [4.78, 5) is 13.1. The zero-order valence-corrected chi connectivity index (χ0v) is 7.08. The van der Waals surface area contributed by atoms with Gasteiger partial charge < -0.3 is 5.73 Å². The smallest absolute Gasteiger partial charge is 0.234 e. The molecule has 62 valence electrons. The van der Waals surface area contributed by atoms with E-state index >= 15 is 0 Å². The molecule has 0 bridgehead atoms. The van der Waals surface area contributed by atoms with Crippen LogP contribution in [0.1, 0.15) is 13.3 Å². The van der Waals surface area contributed by atoms with Crippen molar-refractivity contribution in [3.05, 3.63) is 12.2 Å². The number of nitrogens with two attached hydrogens (primary N) is 1. The lowest BCUT2D eigenvalue weighted by Crippen LogP contribution is -2.08.